The minimum atomic E-state index is -0.325. The molecule has 0 saturated carbocycles. The fourth-order valence-corrected chi connectivity index (χ4v) is 2.70. The van der Waals surface area contributed by atoms with Crippen LogP contribution in [0.3, 0.4) is 0 Å². The lowest BCUT2D eigenvalue weighted by atomic mass is 10.1. The number of amides is 1. The van der Waals surface area contributed by atoms with E-state index in [2.05, 4.69) is 38.9 Å². The summed E-state index contributed by atoms with van der Waals surface area (Å²) >= 11 is 1.72. The van der Waals surface area contributed by atoms with Gasteiger partial charge in [0, 0.05) is 9.75 Å². The van der Waals surface area contributed by atoms with E-state index in [4.69, 9.17) is 0 Å². The zero-order chi connectivity index (χ0) is 12.4. The molecule has 2 N–H and O–H groups in total. The van der Waals surface area contributed by atoms with Crippen LogP contribution in [0.1, 0.15) is 38.9 Å². The highest BCUT2D eigenvalue weighted by Gasteiger charge is 2.17. The van der Waals surface area contributed by atoms with Crippen molar-refractivity contribution in [3.8, 4) is 0 Å². The van der Waals surface area contributed by atoms with Gasteiger partial charge in [0.05, 0.1) is 6.04 Å². The Morgan fingerprint density at radius 2 is 2.29 bits per heavy atom. The Balaban J connectivity index is 2.09. The average molecular weight is 251 g/mol. The van der Waals surface area contributed by atoms with E-state index in [0.29, 0.717) is 0 Å². The summed E-state index contributed by atoms with van der Waals surface area (Å²) in [6.45, 7) is 6.03. The van der Waals surface area contributed by atoms with Crippen LogP contribution in [0.5, 0.6) is 0 Å². The Hall–Kier alpha value is -1.76. The van der Waals surface area contributed by atoms with Crippen molar-refractivity contribution in [3.63, 3.8) is 0 Å². The molecule has 0 aromatic carbocycles. The zero-order valence-electron chi connectivity index (χ0n) is 9.81. The molecule has 0 aliphatic carbocycles. The van der Waals surface area contributed by atoms with E-state index in [1.165, 1.54) is 9.75 Å². The van der Waals surface area contributed by atoms with Gasteiger partial charge in [-0.1, -0.05) is 0 Å². The summed E-state index contributed by atoms with van der Waals surface area (Å²) in [5.41, 5.74) is 1.13. The Kier molecular flexibility index (Phi) is 3.19. The van der Waals surface area contributed by atoms with Crippen LogP contribution in [0.15, 0.2) is 6.07 Å². The number of nitrogens with one attached hydrogen (secondary N) is 2. The van der Waals surface area contributed by atoms with Gasteiger partial charge in [0.25, 0.3) is 11.7 Å². The van der Waals surface area contributed by atoms with Crippen LogP contribution in [0.25, 0.3) is 0 Å². The second-order valence-electron chi connectivity index (χ2n) is 3.80. The molecule has 0 fully saturated rings. The fraction of sp³-hybridized carbons (Fsp3) is 0.400. The van der Waals surface area contributed by atoms with Gasteiger partial charge in [-0.15, -0.1) is 21.5 Å². The minimum Gasteiger partial charge on any atom is -0.343 e. The quantitative estimate of drug-likeness (QED) is 0.863. The summed E-state index contributed by atoms with van der Waals surface area (Å²) in [7, 11) is 0. The van der Waals surface area contributed by atoms with Crippen molar-refractivity contribution in [1.82, 2.24) is 25.9 Å². The smallest absolute Gasteiger partial charge is 0.293 e. The van der Waals surface area contributed by atoms with Gasteiger partial charge in [0.2, 0.25) is 0 Å². The van der Waals surface area contributed by atoms with Crippen LogP contribution in [-0.4, -0.2) is 26.5 Å². The number of aromatic nitrogens is 4. The Labute approximate surface area is 102 Å². The van der Waals surface area contributed by atoms with Crippen LogP contribution in [0.2, 0.25) is 0 Å². The summed E-state index contributed by atoms with van der Waals surface area (Å²) in [5.74, 6) is -0.268. The third-order valence-electron chi connectivity index (χ3n) is 2.44. The lowest BCUT2D eigenvalue weighted by molar-refractivity contribution is 0.0929. The van der Waals surface area contributed by atoms with E-state index >= 15 is 0 Å². The summed E-state index contributed by atoms with van der Waals surface area (Å²) < 4.78 is 0. The monoisotopic (exact) mass is 251 g/mol. The predicted molar refractivity (Wildman–Crippen MR) is 63.9 cm³/mol. The lowest BCUT2D eigenvalue weighted by Crippen LogP contribution is -2.27. The first-order chi connectivity index (χ1) is 8.08. The maximum Gasteiger partial charge on any atom is 0.293 e. The first-order valence-electron chi connectivity index (χ1n) is 5.19. The normalized spacial score (nSPS) is 12.4. The minimum absolute atomic E-state index is 0.0569. The molecule has 0 aliphatic rings. The highest BCUT2D eigenvalue weighted by molar-refractivity contribution is 7.12. The molecule has 7 heteroatoms. The van der Waals surface area contributed by atoms with Gasteiger partial charge in [-0.3, -0.25) is 4.79 Å². The number of thiophene rings is 1. The van der Waals surface area contributed by atoms with Crippen LogP contribution in [0, 0.1) is 13.8 Å². The number of rotatable bonds is 3. The number of carbonyl (C=O) groups excluding carboxylic acids is 1. The molecule has 1 atom stereocenters. The number of nitrogens with zero attached hydrogens (tertiary/aromatic N) is 3. The Bertz CT molecular complexity index is 519. The third-order valence-corrected chi connectivity index (χ3v) is 3.42. The predicted octanol–water partition coefficient (Wildman–Crippen LogP) is 1.37. The van der Waals surface area contributed by atoms with Gasteiger partial charge in [0.1, 0.15) is 0 Å². The number of H-pyrrole nitrogens is 1. The molecule has 0 aliphatic heterocycles. The maximum atomic E-state index is 11.7. The van der Waals surface area contributed by atoms with E-state index in [1.807, 2.05) is 13.8 Å². The second-order valence-corrected chi connectivity index (χ2v) is 5.26. The highest BCUT2D eigenvalue weighted by atomic mass is 32.1. The molecule has 0 spiro atoms. The number of hydrogen-bond acceptors (Lipinski definition) is 5. The summed E-state index contributed by atoms with van der Waals surface area (Å²) in [6.07, 6.45) is 0. The van der Waals surface area contributed by atoms with E-state index in [9.17, 15) is 4.79 Å². The number of tetrazole rings is 1. The summed E-state index contributed by atoms with van der Waals surface area (Å²) in [4.78, 5) is 14.2. The molecule has 90 valence electrons. The molecule has 1 unspecified atom stereocenters. The molecule has 0 radical (unpaired) electrons. The van der Waals surface area contributed by atoms with E-state index in [1.54, 1.807) is 11.3 Å². The van der Waals surface area contributed by atoms with Gasteiger partial charge >= 0.3 is 0 Å². The average Bonchev–Trinajstić information content (AvgIpc) is 2.87. The molecule has 1 amide bonds. The van der Waals surface area contributed by atoms with Crippen LogP contribution in [0.4, 0.5) is 0 Å². The first kappa shape index (κ1) is 11.7. The molecular weight excluding hydrogens is 238 g/mol. The van der Waals surface area contributed by atoms with Crippen molar-refractivity contribution in [2.75, 3.05) is 0 Å². The highest BCUT2D eigenvalue weighted by Crippen LogP contribution is 2.26. The Morgan fingerprint density at radius 1 is 1.53 bits per heavy atom. The van der Waals surface area contributed by atoms with Crippen molar-refractivity contribution in [3.05, 3.63) is 27.2 Å². The van der Waals surface area contributed by atoms with Crippen molar-refractivity contribution < 1.29 is 4.79 Å². The van der Waals surface area contributed by atoms with Gasteiger partial charge in [0.15, 0.2) is 0 Å². The van der Waals surface area contributed by atoms with Crippen LogP contribution >= 0.6 is 11.3 Å². The van der Waals surface area contributed by atoms with Crippen LogP contribution in [-0.2, 0) is 0 Å². The van der Waals surface area contributed by atoms with Gasteiger partial charge in [-0.25, -0.2) is 0 Å². The summed E-state index contributed by atoms with van der Waals surface area (Å²) in [6, 6.07) is 2.02. The third kappa shape index (κ3) is 2.50. The van der Waals surface area contributed by atoms with E-state index in [0.717, 1.165) is 5.56 Å². The van der Waals surface area contributed by atoms with Gasteiger partial charge < -0.3 is 5.32 Å². The SMILES string of the molecule is Cc1cc(C(C)NC(=O)c2nn[nH]n2)c(C)s1. The molecule has 0 saturated heterocycles. The van der Waals surface area contributed by atoms with Crippen LogP contribution < -0.4 is 5.32 Å². The molecule has 17 heavy (non-hydrogen) atoms. The number of aryl methyl sites for hydroxylation is 2. The number of aromatic amines is 1. The van der Waals surface area contributed by atoms with Crippen molar-refractivity contribution >= 4 is 17.2 Å². The molecule has 2 aromatic heterocycles. The van der Waals surface area contributed by atoms with Gasteiger partial charge in [-0.2, -0.15) is 5.21 Å². The summed E-state index contributed by atoms with van der Waals surface area (Å²) in [5, 5.41) is 15.7. The topological polar surface area (TPSA) is 83.6 Å². The molecular formula is C10H13N5OS. The van der Waals surface area contributed by atoms with E-state index in [-0.39, 0.29) is 17.8 Å². The molecule has 2 heterocycles. The molecule has 2 rings (SSSR count). The maximum absolute atomic E-state index is 11.7. The van der Waals surface area contributed by atoms with Gasteiger partial charge in [-0.05, 0) is 37.6 Å². The van der Waals surface area contributed by atoms with E-state index < -0.39 is 0 Å². The van der Waals surface area contributed by atoms with Crippen molar-refractivity contribution in [2.45, 2.75) is 26.8 Å². The first-order valence-corrected chi connectivity index (χ1v) is 6.01. The largest absolute Gasteiger partial charge is 0.343 e. The fourth-order valence-electron chi connectivity index (χ4n) is 1.68. The Morgan fingerprint density at radius 3 is 2.82 bits per heavy atom. The molecule has 2 aromatic rings. The van der Waals surface area contributed by atoms with Crippen molar-refractivity contribution in [1.29, 1.82) is 0 Å². The number of carbonyl (C=O) groups is 1. The zero-order valence-corrected chi connectivity index (χ0v) is 10.6. The molecule has 0 bridgehead atoms. The lowest BCUT2D eigenvalue weighted by Gasteiger charge is -2.12. The standard InChI is InChI=1S/C10H13N5OS/c1-5-4-8(7(3)17-5)6(2)11-10(16)9-12-14-15-13-9/h4,6H,1-3H3,(H,11,16)(H,12,13,14,15). The molecule has 6 nitrogen and oxygen atoms in total. The number of hydrogen-bond donors (Lipinski definition) is 2. The second kappa shape index (κ2) is 4.62. The van der Waals surface area contributed by atoms with Crippen molar-refractivity contribution in [2.24, 2.45) is 0 Å².